The van der Waals surface area contributed by atoms with E-state index in [1.165, 1.54) is 19.5 Å². The first-order chi connectivity index (χ1) is 6.34. The summed E-state index contributed by atoms with van der Waals surface area (Å²) in [6.45, 7) is 2.44. The number of rotatable bonds is 0. The maximum absolute atomic E-state index is 2.85. The van der Waals surface area contributed by atoms with Crippen molar-refractivity contribution in [3.05, 3.63) is 35.4 Å². The zero-order chi connectivity index (χ0) is 8.84. The van der Waals surface area contributed by atoms with Gasteiger partial charge >= 0.3 is 0 Å². The smallest absolute Gasteiger partial charge is 0.00857 e. The molecule has 1 heterocycles. The van der Waals surface area contributed by atoms with Gasteiger partial charge in [0, 0.05) is 13.1 Å². The molecule has 2 bridgehead atoms. The van der Waals surface area contributed by atoms with E-state index in [0.717, 1.165) is 11.8 Å². The van der Waals surface area contributed by atoms with Crippen LogP contribution in [0.25, 0.3) is 0 Å². The lowest BCUT2D eigenvalue weighted by molar-refractivity contribution is 0.334. The molecule has 1 saturated heterocycles. The Morgan fingerprint density at radius 2 is 1.62 bits per heavy atom. The summed E-state index contributed by atoms with van der Waals surface area (Å²) in [6, 6.07) is 8.97. The molecule has 3 atom stereocenters. The average Bonchev–Trinajstić information content (AvgIpc) is 2.41. The SMILES string of the molecule is PN1CC2CC(C1)c1ccccc12. The van der Waals surface area contributed by atoms with Crippen molar-refractivity contribution in [3.63, 3.8) is 0 Å². The lowest BCUT2D eigenvalue weighted by atomic mass is 9.98. The van der Waals surface area contributed by atoms with E-state index in [2.05, 4.69) is 38.3 Å². The highest BCUT2D eigenvalue weighted by Gasteiger charge is 2.35. The number of nitrogens with zero attached hydrogens (tertiary/aromatic N) is 1. The lowest BCUT2D eigenvalue weighted by Gasteiger charge is -2.28. The summed E-state index contributed by atoms with van der Waals surface area (Å²) in [6.07, 6.45) is 1.38. The van der Waals surface area contributed by atoms with E-state index in [1.807, 2.05) is 0 Å². The second kappa shape index (κ2) is 2.80. The molecule has 0 amide bonds. The summed E-state index contributed by atoms with van der Waals surface area (Å²) in [7, 11) is 2.85. The Morgan fingerprint density at radius 1 is 1.08 bits per heavy atom. The number of fused-ring (bicyclic) bond motifs is 5. The van der Waals surface area contributed by atoms with Gasteiger partial charge in [0.2, 0.25) is 0 Å². The quantitative estimate of drug-likeness (QED) is 0.569. The van der Waals surface area contributed by atoms with E-state index in [-0.39, 0.29) is 0 Å². The molecule has 1 nitrogen and oxygen atoms in total. The molecule has 1 aliphatic heterocycles. The minimum atomic E-state index is 0.799. The topological polar surface area (TPSA) is 3.24 Å². The van der Waals surface area contributed by atoms with Gasteiger partial charge in [0.15, 0.2) is 0 Å². The summed E-state index contributed by atoms with van der Waals surface area (Å²) < 4.78 is 2.39. The first-order valence-corrected chi connectivity index (χ1v) is 5.44. The molecule has 0 radical (unpaired) electrons. The molecule has 3 unspecified atom stereocenters. The predicted octanol–water partition coefficient (Wildman–Crippen LogP) is 2.36. The Morgan fingerprint density at radius 3 is 2.15 bits per heavy atom. The molecule has 0 spiro atoms. The van der Waals surface area contributed by atoms with Crippen LogP contribution in [0.15, 0.2) is 24.3 Å². The van der Waals surface area contributed by atoms with Gasteiger partial charge in [-0.1, -0.05) is 33.7 Å². The van der Waals surface area contributed by atoms with Crippen LogP contribution in [0, 0.1) is 0 Å². The normalized spacial score (nSPS) is 31.8. The molecule has 0 N–H and O–H groups in total. The Kier molecular flexibility index (Phi) is 1.71. The van der Waals surface area contributed by atoms with Gasteiger partial charge in [-0.05, 0) is 29.4 Å². The molecule has 2 heteroatoms. The van der Waals surface area contributed by atoms with Crippen LogP contribution in [-0.2, 0) is 0 Å². The molecule has 1 aromatic carbocycles. The van der Waals surface area contributed by atoms with Crippen molar-refractivity contribution < 1.29 is 0 Å². The Balaban J connectivity index is 2.09. The fourth-order valence-electron chi connectivity index (χ4n) is 2.84. The molecular weight excluding hydrogens is 177 g/mol. The number of piperidine rings is 1. The third-order valence-electron chi connectivity index (χ3n) is 3.35. The second-order valence-corrected chi connectivity index (χ2v) is 4.94. The van der Waals surface area contributed by atoms with Gasteiger partial charge in [-0.15, -0.1) is 0 Å². The van der Waals surface area contributed by atoms with Crippen LogP contribution in [0.2, 0.25) is 0 Å². The monoisotopic (exact) mass is 191 g/mol. The third kappa shape index (κ3) is 1.14. The summed E-state index contributed by atoms with van der Waals surface area (Å²) in [5.41, 5.74) is 3.22. The van der Waals surface area contributed by atoms with Crippen LogP contribution >= 0.6 is 9.39 Å². The molecule has 1 aromatic rings. The molecule has 1 fully saturated rings. The van der Waals surface area contributed by atoms with Gasteiger partial charge in [-0.2, -0.15) is 0 Å². The van der Waals surface area contributed by atoms with Crippen molar-refractivity contribution in [2.75, 3.05) is 13.1 Å². The largest absolute Gasteiger partial charge is 0.286 e. The predicted molar refractivity (Wildman–Crippen MR) is 57.8 cm³/mol. The molecule has 68 valence electrons. The molecular formula is C11H14NP. The van der Waals surface area contributed by atoms with Crippen LogP contribution in [0.5, 0.6) is 0 Å². The standard InChI is InChI=1S/C11H14NP/c13-12-6-8-5-9(7-12)11-4-2-1-3-10(8)11/h1-4,8-9H,5-7,13H2. The van der Waals surface area contributed by atoms with Crippen LogP contribution in [0.3, 0.4) is 0 Å². The molecule has 3 rings (SSSR count). The summed E-state index contributed by atoms with van der Waals surface area (Å²) in [4.78, 5) is 0. The van der Waals surface area contributed by atoms with Gasteiger partial charge in [0.05, 0.1) is 0 Å². The first-order valence-electron chi connectivity index (χ1n) is 4.93. The Hall–Kier alpha value is -0.390. The summed E-state index contributed by atoms with van der Waals surface area (Å²) >= 11 is 0. The van der Waals surface area contributed by atoms with Crippen LogP contribution in [0.1, 0.15) is 29.4 Å². The van der Waals surface area contributed by atoms with Crippen molar-refractivity contribution in [1.82, 2.24) is 4.67 Å². The van der Waals surface area contributed by atoms with Crippen molar-refractivity contribution in [1.29, 1.82) is 0 Å². The highest BCUT2D eigenvalue weighted by molar-refractivity contribution is 7.13. The van der Waals surface area contributed by atoms with Gasteiger partial charge in [0.25, 0.3) is 0 Å². The number of hydrogen-bond acceptors (Lipinski definition) is 1. The van der Waals surface area contributed by atoms with Crippen LogP contribution in [0.4, 0.5) is 0 Å². The van der Waals surface area contributed by atoms with Gasteiger partial charge in [-0.25, -0.2) is 0 Å². The fourth-order valence-corrected chi connectivity index (χ4v) is 3.35. The van der Waals surface area contributed by atoms with Gasteiger partial charge in [0.1, 0.15) is 0 Å². The molecule has 13 heavy (non-hydrogen) atoms. The van der Waals surface area contributed by atoms with E-state index in [9.17, 15) is 0 Å². The highest BCUT2D eigenvalue weighted by atomic mass is 31.0. The first kappa shape index (κ1) is 7.96. The highest BCUT2D eigenvalue weighted by Crippen LogP contribution is 2.46. The maximum atomic E-state index is 2.85. The van der Waals surface area contributed by atoms with Gasteiger partial charge in [-0.3, -0.25) is 4.67 Å². The summed E-state index contributed by atoms with van der Waals surface area (Å²) in [5.74, 6) is 1.60. The molecule has 1 aliphatic carbocycles. The Bertz CT molecular complexity index is 302. The molecule has 0 saturated carbocycles. The van der Waals surface area contributed by atoms with Crippen molar-refractivity contribution in [2.24, 2.45) is 0 Å². The van der Waals surface area contributed by atoms with Crippen molar-refractivity contribution >= 4 is 9.39 Å². The molecule has 2 aliphatic rings. The summed E-state index contributed by atoms with van der Waals surface area (Å²) in [5, 5.41) is 0. The zero-order valence-electron chi connectivity index (χ0n) is 7.61. The van der Waals surface area contributed by atoms with Crippen molar-refractivity contribution in [3.8, 4) is 0 Å². The zero-order valence-corrected chi connectivity index (χ0v) is 8.76. The maximum Gasteiger partial charge on any atom is 0.00857 e. The minimum Gasteiger partial charge on any atom is -0.286 e. The Labute approximate surface area is 81.4 Å². The second-order valence-electron chi connectivity index (χ2n) is 4.21. The van der Waals surface area contributed by atoms with Gasteiger partial charge < -0.3 is 0 Å². The number of benzene rings is 1. The minimum absolute atomic E-state index is 0.799. The number of hydrogen-bond donors (Lipinski definition) is 0. The van der Waals surface area contributed by atoms with E-state index in [0.29, 0.717) is 0 Å². The van der Waals surface area contributed by atoms with E-state index in [4.69, 9.17) is 0 Å². The average molecular weight is 191 g/mol. The fraction of sp³-hybridized carbons (Fsp3) is 0.455. The molecule has 0 aromatic heterocycles. The van der Waals surface area contributed by atoms with E-state index >= 15 is 0 Å². The van der Waals surface area contributed by atoms with E-state index < -0.39 is 0 Å². The van der Waals surface area contributed by atoms with Crippen LogP contribution < -0.4 is 0 Å². The third-order valence-corrected chi connectivity index (χ3v) is 3.78. The lowest BCUT2D eigenvalue weighted by Crippen LogP contribution is -2.26. The van der Waals surface area contributed by atoms with E-state index in [1.54, 1.807) is 11.1 Å². The van der Waals surface area contributed by atoms with Crippen molar-refractivity contribution in [2.45, 2.75) is 18.3 Å². The van der Waals surface area contributed by atoms with Crippen LogP contribution in [-0.4, -0.2) is 17.8 Å².